The highest BCUT2D eigenvalue weighted by atomic mass is 16.5. The van der Waals surface area contributed by atoms with Gasteiger partial charge < -0.3 is 19.2 Å². The van der Waals surface area contributed by atoms with Gasteiger partial charge in [-0.05, 0) is 38.0 Å². The van der Waals surface area contributed by atoms with Crippen LogP contribution < -0.4 is 10.4 Å². The maximum Gasteiger partial charge on any atom is 0.336 e. The standard InChI is InChI=1S/C19H23NO5/c1-4-5-13-8-17(22)25-18-11(2)16(7-6-15(13)18)24-12(3)19(23)20-9-14(21)10-20/h6-8,12,14,21H,4-5,9-10H2,1-3H3. The molecule has 2 heterocycles. The van der Waals surface area contributed by atoms with Gasteiger partial charge in [-0.1, -0.05) is 13.3 Å². The van der Waals surface area contributed by atoms with E-state index >= 15 is 0 Å². The van der Waals surface area contributed by atoms with Crippen molar-refractivity contribution in [2.75, 3.05) is 13.1 Å². The van der Waals surface area contributed by atoms with Crippen molar-refractivity contribution in [3.8, 4) is 5.75 Å². The summed E-state index contributed by atoms with van der Waals surface area (Å²) in [7, 11) is 0. The number of hydrogen-bond acceptors (Lipinski definition) is 5. The highest BCUT2D eigenvalue weighted by molar-refractivity contribution is 5.85. The highest BCUT2D eigenvalue weighted by Crippen LogP contribution is 2.30. The first-order valence-electron chi connectivity index (χ1n) is 8.60. The van der Waals surface area contributed by atoms with Crippen LogP contribution in [0.25, 0.3) is 11.0 Å². The number of rotatable bonds is 5. The van der Waals surface area contributed by atoms with Crippen LogP contribution in [0.5, 0.6) is 5.75 Å². The third-order valence-electron chi connectivity index (χ3n) is 4.54. The molecule has 0 radical (unpaired) electrons. The van der Waals surface area contributed by atoms with Crippen LogP contribution in [0.4, 0.5) is 0 Å². The van der Waals surface area contributed by atoms with Crippen molar-refractivity contribution in [1.82, 2.24) is 4.90 Å². The topological polar surface area (TPSA) is 80.0 Å². The average Bonchev–Trinajstić information content (AvgIpc) is 2.54. The van der Waals surface area contributed by atoms with E-state index in [1.54, 1.807) is 11.8 Å². The van der Waals surface area contributed by atoms with E-state index in [-0.39, 0.29) is 11.5 Å². The van der Waals surface area contributed by atoms with Gasteiger partial charge in [0.25, 0.3) is 5.91 Å². The van der Waals surface area contributed by atoms with Gasteiger partial charge in [0.15, 0.2) is 6.10 Å². The van der Waals surface area contributed by atoms with Crippen LogP contribution in [-0.4, -0.2) is 41.2 Å². The molecule has 1 aromatic heterocycles. The van der Waals surface area contributed by atoms with Crippen molar-refractivity contribution in [3.63, 3.8) is 0 Å². The number of benzene rings is 1. The molecule has 1 saturated heterocycles. The third-order valence-corrected chi connectivity index (χ3v) is 4.54. The number of carbonyl (C=O) groups excluding carboxylic acids is 1. The van der Waals surface area contributed by atoms with E-state index in [0.29, 0.717) is 30.0 Å². The molecule has 2 aromatic rings. The molecule has 1 unspecified atom stereocenters. The molecule has 3 rings (SSSR count). The average molecular weight is 345 g/mol. The molecular weight excluding hydrogens is 322 g/mol. The normalized spacial score (nSPS) is 15.9. The molecule has 1 fully saturated rings. The van der Waals surface area contributed by atoms with Gasteiger partial charge in [-0.15, -0.1) is 0 Å². The van der Waals surface area contributed by atoms with Crippen molar-refractivity contribution in [3.05, 3.63) is 39.7 Å². The fraction of sp³-hybridized carbons (Fsp3) is 0.474. The third kappa shape index (κ3) is 3.39. The van der Waals surface area contributed by atoms with Gasteiger partial charge in [-0.3, -0.25) is 4.79 Å². The first kappa shape index (κ1) is 17.5. The number of likely N-dealkylation sites (tertiary alicyclic amines) is 1. The van der Waals surface area contributed by atoms with Crippen molar-refractivity contribution in [2.45, 2.75) is 45.8 Å². The lowest BCUT2D eigenvalue weighted by atomic mass is 10.0. The Bertz CT molecular complexity index is 851. The first-order chi connectivity index (χ1) is 11.9. The number of aliphatic hydroxyl groups is 1. The molecule has 1 aliphatic heterocycles. The number of ether oxygens (including phenoxy) is 1. The number of aryl methyl sites for hydroxylation is 2. The molecule has 0 aliphatic carbocycles. The lowest BCUT2D eigenvalue weighted by molar-refractivity contribution is -0.148. The van der Waals surface area contributed by atoms with E-state index in [1.165, 1.54) is 6.07 Å². The Balaban J connectivity index is 1.88. The lowest BCUT2D eigenvalue weighted by Gasteiger charge is -2.37. The molecule has 6 nitrogen and oxygen atoms in total. The summed E-state index contributed by atoms with van der Waals surface area (Å²) in [4.78, 5) is 25.7. The molecule has 1 N–H and O–H groups in total. The van der Waals surface area contributed by atoms with Crippen LogP contribution in [0.1, 0.15) is 31.4 Å². The Hall–Kier alpha value is -2.34. The monoisotopic (exact) mass is 345 g/mol. The maximum atomic E-state index is 12.3. The fourth-order valence-corrected chi connectivity index (χ4v) is 3.15. The fourth-order valence-electron chi connectivity index (χ4n) is 3.15. The van der Waals surface area contributed by atoms with Crippen LogP contribution >= 0.6 is 0 Å². The molecule has 1 atom stereocenters. The number of aliphatic hydroxyl groups excluding tert-OH is 1. The van der Waals surface area contributed by atoms with Gasteiger partial charge in [-0.25, -0.2) is 4.79 Å². The molecule has 1 amide bonds. The predicted molar refractivity (Wildman–Crippen MR) is 93.9 cm³/mol. The van der Waals surface area contributed by atoms with Gasteiger partial charge in [0.05, 0.1) is 6.10 Å². The van der Waals surface area contributed by atoms with Crippen LogP contribution in [0.3, 0.4) is 0 Å². The zero-order chi connectivity index (χ0) is 18.1. The minimum atomic E-state index is -0.672. The van der Waals surface area contributed by atoms with E-state index in [4.69, 9.17) is 9.15 Å². The molecule has 25 heavy (non-hydrogen) atoms. The van der Waals surface area contributed by atoms with Gasteiger partial charge >= 0.3 is 5.63 Å². The van der Waals surface area contributed by atoms with Crippen LogP contribution in [0.2, 0.25) is 0 Å². The second kappa shape index (κ2) is 6.88. The zero-order valence-electron chi connectivity index (χ0n) is 14.7. The van der Waals surface area contributed by atoms with Crippen molar-refractivity contribution in [1.29, 1.82) is 0 Å². The SMILES string of the molecule is CCCc1cc(=O)oc2c(C)c(OC(C)C(=O)N3CC(O)C3)ccc12. The molecule has 1 aliphatic rings. The van der Waals surface area contributed by atoms with Gasteiger partial charge in [0.1, 0.15) is 11.3 Å². The second-order valence-electron chi connectivity index (χ2n) is 6.56. The summed E-state index contributed by atoms with van der Waals surface area (Å²) in [5, 5.41) is 10.2. The number of amides is 1. The Kier molecular flexibility index (Phi) is 4.81. The van der Waals surface area contributed by atoms with Crippen molar-refractivity contribution < 1.29 is 19.1 Å². The summed E-state index contributed by atoms with van der Waals surface area (Å²) in [6, 6.07) is 5.22. The van der Waals surface area contributed by atoms with Gasteiger partial charge in [0, 0.05) is 30.1 Å². The number of hydrogen-bond donors (Lipinski definition) is 1. The van der Waals surface area contributed by atoms with Crippen LogP contribution in [-0.2, 0) is 11.2 Å². The Morgan fingerprint density at radius 2 is 2.16 bits per heavy atom. The van der Waals surface area contributed by atoms with E-state index in [2.05, 4.69) is 6.92 Å². The summed E-state index contributed by atoms with van der Waals surface area (Å²) in [5.41, 5.74) is 1.79. The minimum absolute atomic E-state index is 0.161. The lowest BCUT2D eigenvalue weighted by Crippen LogP contribution is -2.56. The second-order valence-corrected chi connectivity index (χ2v) is 6.56. The van der Waals surface area contributed by atoms with E-state index < -0.39 is 12.2 Å². The molecule has 134 valence electrons. The Labute approximate surface area is 146 Å². The number of nitrogens with zero attached hydrogens (tertiary/aromatic N) is 1. The molecule has 0 bridgehead atoms. The van der Waals surface area contributed by atoms with Gasteiger partial charge in [-0.2, -0.15) is 0 Å². The van der Waals surface area contributed by atoms with Crippen molar-refractivity contribution in [2.24, 2.45) is 0 Å². The highest BCUT2D eigenvalue weighted by Gasteiger charge is 2.32. The number of β-amino-alcohol motifs (C(OH)–C–C–N with tert-alkyl or cyclic N) is 1. The van der Waals surface area contributed by atoms with E-state index in [1.807, 2.05) is 19.1 Å². The maximum absolute atomic E-state index is 12.3. The number of carbonyl (C=O) groups is 1. The van der Waals surface area contributed by atoms with E-state index in [0.717, 1.165) is 23.8 Å². The van der Waals surface area contributed by atoms with Crippen LogP contribution in [0, 0.1) is 6.92 Å². The Morgan fingerprint density at radius 1 is 1.44 bits per heavy atom. The van der Waals surface area contributed by atoms with E-state index in [9.17, 15) is 14.7 Å². The quantitative estimate of drug-likeness (QED) is 0.839. The van der Waals surface area contributed by atoms with Crippen molar-refractivity contribution >= 4 is 16.9 Å². The molecule has 1 aromatic carbocycles. The molecule has 0 spiro atoms. The molecule has 0 saturated carbocycles. The summed E-state index contributed by atoms with van der Waals surface area (Å²) < 4.78 is 11.2. The largest absolute Gasteiger partial charge is 0.480 e. The summed E-state index contributed by atoms with van der Waals surface area (Å²) in [6.45, 7) is 6.25. The minimum Gasteiger partial charge on any atom is -0.480 e. The number of fused-ring (bicyclic) bond motifs is 1. The summed E-state index contributed by atoms with van der Waals surface area (Å²) >= 11 is 0. The van der Waals surface area contributed by atoms with Gasteiger partial charge in [0.2, 0.25) is 0 Å². The van der Waals surface area contributed by atoms with Crippen LogP contribution in [0.15, 0.2) is 27.4 Å². The first-order valence-corrected chi connectivity index (χ1v) is 8.60. The Morgan fingerprint density at radius 3 is 2.80 bits per heavy atom. The zero-order valence-corrected chi connectivity index (χ0v) is 14.7. The summed E-state index contributed by atoms with van der Waals surface area (Å²) in [6.07, 6.45) is 0.621. The summed E-state index contributed by atoms with van der Waals surface area (Å²) in [5.74, 6) is 0.359. The predicted octanol–water partition coefficient (Wildman–Crippen LogP) is 2.02. The smallest absolute Gasteiger partial charge is 0.336 e. The molecule has 6 heteroatoms. The molecular formula is C19H23NO5.